The van der Waals surface area contributed by atoms with Crippen molar-refractivity contribution in [3.05, 3.63) is 24.5 Å². The van der Waals surface area contributed by atoms with Gasteiger partial charge in [-0.3, -0.25) is 14.7 Å². The van der Waals surface area contributed by atoms with Gasteiger partial charge in [0.2, 0.25) is 0 Å². The third-order valence-corrected chi connectivity index (χ3v) is 2.44. The van der Waals surface area contributed by atoms with E-state index in [0.29, 0.717) is 5.69 Å². The molecule has 0 saturated heterocycles. The number of carboxylic acid groups (broad SMARTS) is 1. The molecule has 0 unspecified atom stereocenters. The van der Waals surface area contributed by atoms with Gasteiger partial charge in [-0.25, -0.2) is 4.79 Å². The molecular formula is C14H20N2O4. The van der Waals surface area contributed by atoms with Gasteiger partial charge in [0.1, 0.15) is 5.60 Å². The summed E-state index contributed by atoms with van der Waals surface area (Å²) < 4.78 is 5.33. The molecule has 0 bridgehead atoms. The fourth-order valence-corrected chi connectivity index (χ4v) is 1.70. The van der Waals surface area contributed by atoms with Crippen LogP contribution in [0.25, 0.3) is 0 Å². The zero-order chi connectivity index (χ0) is 15.3. The van der Waals surface area contributed by atoms with Crippen molar-refractivity contribution in [2.75, 3.05) is 4.90 Å². The van der Waals surface area contributed by atoms with Gasteiger partial charge in [-0.05, 0) is 39.8 Å². The molecule has 0 spiro atoms. The Balaban J connectivity index is 3.02. The van der Waals surface area contributed by atoms with E-state index in [0.717, 1.165) is 0 Å². The number of aromatic nitrogens is 1. The third kappa shape index (κ3) is 4.87. The lowest BCUT2D eigenvalue weighted by molar-refractivity contribution is -0.137. The molecular weight excluding hydrogens is 260 g/mol. The number of carbonyl (C=O) groups is 2. The van der Waals surface area contributed by atoms with Crippen molar-refractivity contribution in [3.63, 3.8) is 0 Å². The fraction of sp³-hybridized carbons (Fsp3) is 0.500. The molecule has 6 nitrogen and oxygen atoms in total. The highest BCUT2D eigenvalue weighted by Gasteiger charge is 2.28. The maximum Gasteiger partial charge on any atom is 0.415 e. The first-order valence-electron chi connectivity index (χ1n) is 6.35. The molecule has 6 heteroatoms. The minimum Gasteiger partial charge on any atom is -0.481 e. The number of hydrogen-bond donors (Lipinski definition) is 1. The Bertz CT molecular complexity index is 468. The summed E-state index contributed by atoms with van der Waals surface area (Å²) in [5, 5.41) is 8.90. The Morgan fingerprint density at radius 1 is 1.35 bits per heavy atom. The third-order valence-electron chi connectivity index (χ3n) is 2.44. The Hall–Kier alpha value is -2.11. The van der Waals surface area contributed by atoms with E-state index >= 15 is 0 Å². The molecule has 0 aliphatic heterocycles. The van der Waals surface area contributed by atoms with Crippen LogP contribution in [0.4, 0.5) is 10.5 Å². The van der Waals surface area contributed by atoms with E-state index < -0.39 is 23.7 Å². The first-order chi connectivity index (χ1) is 9.20. The first kappa shape index (κ1) is 15.9. The van der Waals surface area contributed by atoms with Gasteiger partial charge in [0, 0.05) is 18.4 Å². The monoisotopic (exact) mass is 280 g/mol. The lowest BCUT2D eigenvalue weighted by Crippen LogP contribution is -2.43. The molecule has 1 atom stereocenters. The summed E-state index contributed by atoms with van der Waals surface area (Å²) in [4.78, 5) is 28.4. The average Bonchev–Trinajstić information content (AvgIpc) is 2.26. The topological polar surface area (TPSA) is 79.7 Å². The second-order valence-electron chi connectivity index (χ2n) is 5.50. The van der Waals surface area contributed by atoms with Gasteiger partial charge >= 0.3 is 12.1 Å². The summed E-state index contributed by atoms with van der Waals surface area (Å²) in [6, 6.07) is 2.76. The van der Waals surface area contributed by atoms with Crippen molar-refractivity contribution in [2.45, 2.75) is 45.8 Å². The van der Waals surface area contributed by atoms with Crippen molar-refractivity contribution in [1.29, 1.82) is 0 Å². The van der Waals surface area contributed by atoms with E-state index in [4.69, 9.17) is 9.84 Å². The van der Waals surface area contributed by atoms with Gasteiger partial charge < -0.3 is 9.84 Å². The highest BCUT2D eigenvalue weighted by Crippen LogP contribution is 2.21. The van der Waals surface area contributed by atoms with Gasteiger partial charge in [-0.1, -0.05) is 0 Å². The van der Waals surface area contributed by atoms with Crippen LogP contribution < -0.4 is 4.90 Å². The quantitative estimate of drug-likeness (QED) is 0.917. The number of carbonyl (C=O) groups excluding carboxylic acids is 1. The molecule has 1 aromatic heterocycles. The van der Waals surface area contributed by atoms with Crippen molar-refractivity contribution in [2.24, 2.45) is 0 Å². The van der Waals surface area contributed by atoms with Crippen molar-refractivity contribution >= 4 is 17.7 Å². The lowest BCUT2D eigenvalue weighted by atomic mass is 10.2. The molecule has 20 heavy (non-hydrogen) atoms. The van der Waals surface area contributed by atoms with Crippen LogP contribution in [-0.2, 0) is 9.53 Å². The molecule has 1 N–H and O–H groups in total. The number of rotatable bonds is 4. The van der Waals surface area contributed by atoms with E-state index in [2.05, 4.69) is 4.98 Å². The fourth-order valence-electron chi connectivity index (χ4n) is 1.70. The maximum atomic E-state index is 12.3. The van der Waals surface area contributed by atoms with Crippen LogP contribution in [0.15, 0.2) is 24.5 Å². The van der Waals surface area contributed by atoms with Crippen LogP contribution in [-0.4, -0.2) is 33.8 Å². The van der Waals surface area contributed by atoms with E-state index in [1.165, 1.54) is 4.90 Å². The summed E-state index contributed by atoms with van der Waals surface area (Å²) in [6.07, 6.45) is 2.35. The maximum absolute atomic E-state index is 12.3. The normalized spacial score (nSPS) is 12.6. The molecule has 0 aliphatic carbocycles. The molecule has 1 rings (SSSR count). The summed E-state index contributed by atoms with van der Waals surface area (Å²) >= 11 is 0. The minimum absolute atomic E-state index is 0.165. The number of aliphatic carboxylic acids is 1. The Labute approximate surface area is 118 Å². The van der Waals surface area contributed by atoms with Gasteiger partial charge in [0.05, 0.1) is 12.1 Å². The predicted molar refractivity (Wildman–Crippen MR) is 74.7 cm³/mol. The van der Waals surface area contributed by atoms with E-state index in [1.807, 2.05) is 0 Å². The van der Waals surface area contributed by atoms with Gasteiger partial charge in [-0.2, -0.15) is 0 Å². The van der Waals surface area contributed by atoms with Crippen LogP contribution in [0.1, 0.15) is 34.1 Å². The van der Waals surface area contributed by atoms with Crippen LogP contribution in [0, 0.1) is 0 Å². The zero-order valence-electron chi connectivity index (χ0n) is 12.2. The molecule has 0 aromatic carbocycles. The molecule has 0 fully saturated rings. The van der Waals surface area contributed by atoms with Crippen LogP contribution in [0.5, 0.6) is 0 Å². The SMILES string of the molecule is C[C@H](CC(=O)O)N(C(=O)OC(C)(C)C)c1ccncc1. The van der Waals surface area contributed by atoms with Crippen LogP contribution in [0.2, 0.25) is 0 Å². The van der Waals surface area contributed by atoms with Crippen LogP contribution >= 0.6 is 0 Å². The number of hydrogen-bond acceptors (Lipinski definition) is 4. The summed E-state index contributed by atoms with van der Waals surface area (Å²) in [6.45, 7) is 6.95. The molecule has 1 aromatic rings. The molecule has 0 aliphatic rings. The standard InChI is InChI=1S/C14H20N2O4/c1-10(9-12(17)18)16(11-5-7-15-8-6-11)13(19)20-14(2,3)4/h5-8,10H,9H2,1-4H3,(H,17,18)/t10-/m1/s1. The largest absolute Gasteiger partial charge is 0.481 e. The van der Waals surface area contributed by atoms with Gasteiger partial charge in [0.25, 0.3) is 0 Å². The van der Waals surface area contributed by atoms with E-state index in [9.17, 15) is 9.59 Å². The van der Waals surface area contributed by atoms with Crippen LogP contribution in [0.3, 0.4) is 0 Å². The first-order valence-corrected chi connectivity index (χ1v) is 6.35. The Kier molecular flexibility index (Phi) is 5.07. The highest BCUT2D eigenvalue weighted by atomic mass is 16.6. The smallest absolute Gasteiger partial charge is 0.415 e. The summed E-state index contributed by atoms with van der Waals surface area (Å²) in [5.74, 6) is -0.972. The molecule has 0 radical (unpaired) electrons. The second-order valence-corrected chi connectivity index (χ2v) is 5.50. The predicted octanol–water partition coefficient (Wildman–Crippen LogP) is 2.69. The van der Waals surface area contributed by atoms with Gasteiger partial charge in [0.15, 0.2) is 0 Å². The Morgan fingerprint density at radius 2 is 1.90 bits per heavy atom. The second kappa shape index (κ2) is 6.36. The molecule has 1 heterocycles. The van der Waals surface area contributed by atoms with Crippen molar-refractivity contribution in [3.8, 4) is 0 Å². The number of anilines is 1. The summed E-state index contributed by atoms with van der Waals surface area (Å²) in [7, 11) is 0. The minimum atomic E-state index is -0.972. The molecule has 110 valence electrons. The van der Waals surface area contributed by atoms with Crippen molar-refractivity contribution < 1.29 is 19.4 Å². The van der Waals surface area contributed by atoms with Gasteiger partial charge in [-0.15, -0.1) is 0 Å². The molecule has 0 saturated carbocycles. The zero-order valence-corrected chi connectivity index (χ0v) is 12.2. The van der Waals surface area contributed by atoms with E-state index in [-0.39, 0.29) is 6.42 Å². The number of ether oxygens (including phenoxy) is 1. The number of carboxylic acids is 1. The average molecular weight is 280 g/mol. The number of amides is 1. The Morgan fingerprint density at radius 3 is 2.35 bits per heavy atom. The lowest BCUT2D eigenvalue weighted by Gasteiger charge is -2.31. The van der Waals surface area contributed by atoms with Crippen molar-refractivity contribution in [1.82, 2.24) is 4.98 Å². The number of pyridine rings is 1. The number of nitrogens with zero attached hydrogens (tertiary/aromatic N) is 2. The highest BCUT2D eigenvalue weighted by molar-refractivity contribution is 5.89. The van der Waals surface area contributed by atoms with E-state index in [1.54, 1.807) is 52.2 Å². The molecule has 1 amide bonds. The summed E-state index contributed by atoms with van der Waals surface area (Å²) in [5.41, 5.74) is -0.0892.